The molecule has 4 aromatic rings. The van der Waals surface area contributed by atoms with E-state index in [-0.39, 0.29) is 37.7 Å². The monoisotopic (exact) mass is 773 g/mol. The number of hydrogen-bond acceptors (Lipinski definition) is 9. The number of carbonyl (C=O) groups is 2. The minimum atomic E-state index is -4.58. The molecule has 0 aromatic heterocycles. The molecule has 3 atom stereocenters. The number of nitrogens with one attached hydrogen (secondary N) is 2. The molecule has 0 aliphatic rings. The van der Waals surface area contributed by atoms with Gasteiger partial charge in [0.25, 0.3) is 0 Å². The summed E-state index contributed by atoms with van der Waals surface area (Å²) >= 11 is 0. The SMILES string of the molecule is CCCOC(=O)C(Cc1ccccc1)NN(NC(Cc1ccccc1)C(=O)OCCC)P(=O)(O)COc1cc(C)c(Cc2ccc(O)c(C(C)C)c2)c(C)c1. The van der Waals surface area contributed by atoms with Crippen molar-refractivity contribution in [1.82, 2.24) is 15.7 Å². The summed E-state index contributed by atoms with van der Waals surface area (Å²) in [4.78, 5) is 39.5. The van der Waals surface area contributed by atoms with Crippen molar-refractivity contribution >= 4 is 19.5 Å². The largest absolute Gasteiger partial charge is 0.508 e. The van der Waals surface area contributed by atoms with Crippen molar-refractivity contribution < 1.29 is 38.4 Å². The van der Waals surface area contributed by atoms with Gasteiger partial charge in [-0.2, -0.15) is 0 Å². The molecule has 0 aliphatic heterocycles. The van der Waals surface area contributed by atoms with E-state index in [0.717, 1.165) is 43.8 Å². The summed E-state index contributed by atoms with van der Waals surface area (Å²) in [5.74, 6) is -0.421. The third kappa shape index (κ3) is 13.0. The Balaban J connectivity index is 1.64. The normalized spacial score (nSPS) is 13.6. The van der Waals surface area contributed by atoms with Crippen LogP contribution in [0.15, 0.2) is 91.0 Å². The molecule has 0 saturated heterocycles. The van der Waals surface area contributed by atoms with Crippen LogP contribution in [0.4, 0.5) is 0 Å². The van der Waals surface area contributed by atoms with Crippen molar-refractivity contribution in [2.24, 2.45) is 0 Å². The van der Waals surface area contributed by atoms with E-state index in [2.05, 4.69) is 10.9 Å². The lowest BCUT2D eigenvalue weighted by atomic mass is 9.93. The highest BCUT2D eigenvalue weighted by atomic mass is 31.2. The maximum atomic E-state index is 14.4. The van der Waals surface area contributed by atoms with E-state index in [0.29, 0.717) is 25.0 Å². The first-order chi connectivity index (χ1) is 26.3. The minimum absolute atomic E-state index is 0.131. The van der Waals surface area contributed by atoms with Crippen LogP contribution in [0.3, 0.4) is 0 Å². The number of hydrogen-bond donors (Lipinski definition) is 4. The predicted molar refractivity (Wildman–Crippen MR) is 215 cm³/mol. The molecule has 296 valence electrons. The summed E-state index contributed by atoms with van der Waals surface area (Å²) in [7, 11) is -4.58. The Morgan fingerprint density at radius 1 is 0.745 bits per heavy atom. The summed E-state index contributed by atoms with van der Waals surface area (Å²) in [5, 5.41) is 10.3. The van der Waals surface area contributed by atoms with E-state index in [1.165, 1.54) is 0 Å². The standard InChI is InChI=1S/C43H56N3O8P/c1-7-21-52-42(48)39(27-33-15-11-9-12-16-33)44-46(45-40(43(49)53-22-8-2)28-34-17-13-10-14-18-34)55(50,51)29-54-36-23-31(5)38(32(6)24-36)26-35-19-20-41(47)37(25-35)30(3)4/h9-20,23-25,30,39-40,44-45,47H,7-8,21-22,26-29H2,1-6H3,(H,50,51). The lowest BCUT2D eigenvalue weighted by molar-refractivity contribution is -0.149. The van der Waals surface area contributed by atoms with Crippen LogP contribution < -0.4 is 15.6 Å². The van der Waals surface area contributed by atoms with Gasteiger partial charge in [-0.05, 0) is 109 Å². The topological polar surface area (TPSA) is 147 Å². The molecular formula is C43H56N3O8P. The van der Waals surface area contributed by atoms with Crippen LogP contribution in [0.2, 0.25) is 0 Å². The van der Waals surface area contributed by atoms with Crippen molar-refractivity contribution in [3.8, 4) is 11.5 Å². The number of aromatic hydroxyl groups is 1. The fourth-order valence-electron chi connectivity index (χ4n) is 6.10. The zero-order valence-electron chi connectivity index (χ0n) is 32.8. The van der Waals surface area contributed by atoms with Crippen molar-refractivity contribution in [3.63, 3.8) is 0 Å². The van der Waals surface area contributed by atoms with Crippen LogP contribution in [0, 0.1) is 13.8 Å². The molecule has 0 fully saturated rings. The van der Waals surface area contributed by atoms with Crippen LogP contribution in [0.1, 0.15) is 85.4 Å². The third-order valence-electron chi connectivity index (χ3n) is 9.06. The lowest BCUT2D eigenvalue weighted by Gasteiger charge is -2.33. The van der Waals surface area contributed by atoms with Gasteiger partial charge in [0, 0.05) is 0 Å². The maximum absolute atomic E-state index is 14.4. The average Bonchev–Trinajstić information content (AvgIpc) is 3.16. The Kier molecular flexibility index (Phi) is 16.5. The van der Waals surface area contributed by atoms with Gasteiger partial charge in [0.2, 0.25) is 0 Å². The number of nitrogens with zero attached hydrogens (tertiary/aromatic N) is 1. The van der Waals surface area contributed by atoms with E-state index in [9.17, 15) is 24.2 Å². The first-order valence-corrected chi connectivity index (χ1v) is 20.7. The van der Waals surface area contributed by atoms with E-state index in [4.69, 9.17) is 14.2 Å². The van der Waals surface area contributed by atoms with Crippen molar-refractivity contribution in [3.05, 3.63) is 130 Å². The fourth-order valence-corrected chi connectivity index (χ4v) is 7.17. The van der Waals surface area contributed by atoms with E-state index >= 15 is 0 Å². The number of ether oxygens (including phenoxy) is 3. The number of phenols is 1. The van der Waals surface area contributed by atoms with Crippen LogP contribution in [-0.2, 0) is 42.9 Å². The van der Waals surface area contributed by atoms with Gasteiger partial charge in [-0.1, -0.05) is 105 Å². The molecule has 0 amide bonds. The second-order valence-corrected chi connectivity index (χ2v) is 16.1. The number of hydrazine groups is 2. The zero-order chi connectivity index (χ0) is 40.0. The van der Waals surface area contributed by atoms with Crippen molar-refractivity contribution in [2.75, 3.05) is 19.6 Å². The summed E-state index contributed by atoms with van der Waals surface area (Å²) < 4.78 is 31.5. The number of aryl methyl sites for hydroxylation is 2. The molecule has 0 spiro atoms. The highest BCUT2D eigenvalue weighted by Gasteiger charge is 2.37. The minimum Gasteiger partial charge on any atom is -0.508 e. The highest BCUT2D eigenvalue weighted by Crippen LogP contribution is 2.43. The van der Waals surface area contributed by atoms with Gasteiger partial charge < -0.3 is 24.2 Å². The van der Waals surface area contributed by atoms with Crippen molar-refractivity contribution in [2.45, 2.75) is 91.6 Å². The molecular weight excluding hydrogens is 717 g/mol. The van der Waals surface area contributed by atoms with Gasteiger partial charge in [0.15, 0.2) is 6.35 Å². The zero-order valence-corrected chi connectivity index (χ0v) is 33.7. The highest BCUT2D eigenvalue weighted by molar-refractivity contribution is 7.55. The molecule has 0 radical (unpaired) electrons. The van der Waals surface area contributed by atoms with Crippen molar-refractivity contribution in [1.29, 1.82) is 0 Å². The van der Waals surface area contributed by atoms with E-state index in [1.807, 2.05) is 126 Å². The molecule has 12 heteroatoms. The van der Waals surface area contributed by atoms with Gasteiger partial charge in [-0.3, -0.25) is 14.2 Å². The maximum Gasteiger partial charge on any atom is 0.333 e. The van der Waals surface area contributed by atoms with Gasteiger partial charge in [0.1, 0.15) is 23.6 Å². The lowest BCUT2D eigenvalue weighted by Crippen LogP contribution is -2.59. The van der Waals surface area contributed by atoms with Gasteiger partial charge in [-0.15, -0.1) is 0 Å². The second kappa shape index (κ2) is 21.0. The van der Waals surface area contributed by atoms with E-state index in [1.54, 1.807) is 6.07 Å². The summed E-state index contributed by atoms with van der Waals surface area (Å²) in [5.41, 5.74) is 12.3. The van der Waals surface area contributed by atoms with Crippen LogP contribution in [-0.4, -0.2) is 58.5 Å². The molecule has 4 rings (SSSR count). The Labute approximate surface area is 325 Å². The predicted octanol–water partition coefficient (Wildman–Crippen LogP) is 7.69. The van der Waals surface area contributed by atoms with Gasteiger partial charge in [0.05, 0.1) is 13.2 Å². The smallest absolute Gasteiger partial charge is 0.333 e. The first kappa shape index (κ1) is 43.2. The third-order valence-corrected chi connectivity index (χ3v) is 10.4. The molecule has 4 aromatic carbocycles. The Morgan fingerprint density at radius 2 is 1.24 bits per heavy atom. The van der Waals surface area contributed by atoms with Gasteiger partial charge >= 0.3 is 19.5 Å². The molecule has 55 heavy (non-hydrogen) atoms. The summed E-state index contributed by atoms with van der Waals surface area (Å²) in [6, 6.07) is 25.5. The Bertz CT molecular complexity index is 1800. The number of phenolic OH excluding ortho intramolecular Hbond substituents is 1. The van der Waals surface area contributed by atoms with E-state index < -0.39 is 37.9 Å². The summed E-state index contributed by atoms with van der Waals surface area (Å²) in [6.07, 6.45) is 1.38. The average molecular weight is 774 g/mol. The molecule has 0 aliphatic carbocycles. The van der Waals surface area contributed by atoms with Crippen LogP contribution >= 0.6 is 7.52 Å². The molecule has 3 unspecified atom stereocenters. The second-order valence-electron chi connectivity index (χ2n) is 14.1. The number of benzene rings is 4. The molecule has 11 nitrogen and oxygen atoms in total. The fraction of sp³-hybridized carbons (Fsp3) is 0.395. The number of carbonyl (C=O) groups excluding carboxylic acids is 2. The number of esters is 2. The quantitative estimate of drug-likeness (QED) is 0.0376. The number of rotatable bonds is 21. The molecule has 0 heterocycles. The van der Waals surface area contributed by atoms with Crippen LogP contribution in [0.5, 0.6) is 11.5 Å². The Hall–Kier alpha value is -4.51. The van der Waals surface area contributed by atoms with Gasteiger partial charge in [-0.25, -0.2) is 10.9 Å². The molecule has 0 saturated carbocycles. The molecule has 4 N–H and O–H groups in total. The summed E-state index contributed by atoms with van der Waals surface area (Å²) in [6.45, 7) is 12.1. The van der Waals surface area contributed by atoms with Crippen LogP contribution in [0.25, 0.3) is 0 Å². The Morgan fingerprint density at radius 3 is 1.69 bits per heavy atom. The molecule has 0 bridgehead atoms. The first-order valence-electron chi connectivity index (χ1n) is 18.9.